The number of halogens is 10. The molecular weight excluding hydrogens is 318 g/mol. The second-order valence-corrected chi connectivity index (χ2v) is 3.30. The minimum atomic E-state index is -5.83. The third kappa shape index (κ3) is 3.35. The molecule has 0 aromatic carbocycles. The van der Waals surface area contributed by atoms with Gasteiger partial charge in [0.1, 0.15) is 6.26 Å². The number of ether oxygens (including phenoxy) is 2. The molecule has 0 saturated heterocycles. The first-order valence-electron chi connectivity index (χ1n) is 4.38. The molecule has 1 atom stereocenters. The Hall–Kier alpha value is -1.46. The van der Waals surface area contributed by atoms with Gasteiger partial charge in [-0.2, -0.15) is 43.9 Å². The van der Waals surface area contributed by atoms with Crippen molar-refractivity contribution in [3.63, 3.8) is 0 Å². The topological polar surface area (TPSA) is 18.5 Å². The Labute approximate surface area is 103 Å². The number of rotatable bonds is 1. The predicted molar refractivity (Wildman–Crippen MR) is 40.3 cm³/mol. The van der Waals surface area contributed by atoms with Crippen LogP contribution in [0.3, 0.4) is 0 Å². The molecular formula is C8H2F10O2. The van der Waals surface area contributed by atoms with Crippen molar-refractivity contribution in [3.8, 4) is 0 Å². The van der Waals surface area contributed by atoms with Crippen molar-refractivity contribution in [2.45, 2.75) is 24.8 Å². The van der Waals surface area contributed by atoms with Crippen LogP contribution in [0.15, 0.2) is 23.5 Å². The van der Waals surface area contributed by atoms with Crippen LogP contribution in [-0.2, 0) is 9.47 Å². The molecule has 1 unspecified atom stereocenters. The lowest BCUT2D eigenvalue weighted by atomic mass is 10.2. The molecule has 1 aliphatic rings. The summed E-state index contributed by atoms with van der Waals surface area (Å²) in [6, 6.07) is 0. The molecule has 0 aromatic heterocycles. The third-order valence-corrected chi connectivity index (χ3v) is 1.93. The van der Waals surface area contributed by atoms with E-state index in [0.29, 0.717) is 0 Å². The first-order chi connectivity index (χ1) is 8.77. The van der Waals surface area contributed by atoms with Crippen molar-refractivity contribution in [1.29, 1.82) is 0 Å². The lowest BCUT2D eigenvalue weighted by molar-refractivity contribution is -0.318. The molecule has 0 spiro atoms. The molecule has 0 aliphatic carbocycles. The van der Waals surface area contributed by atoms with Gasteiger partial charge in [0.15, 0.2) is 11.1 Å². The molecule has 0 N–H and O–H groups in total. The summed E-state index contributed by atoms with van der Waals surface area (Å²) in [5, 5.41) is 0. The summed E-state index contributed by atoms with van der Waals surface area (Å²) in [5.74, 6) is 0. The van der Waals surface area contributed by atoms with Crippen molar-refractivity contribution in [1.82, 2.24) is 0 Å². The van der Waals surface area contributed by atoms with Gasteiger partial charge in [0.25, 0.3) is 6.08 Å². The van der Waals surface area contributed by atoms with E-state index in [1.54, 1.807) is 0 Å². The van der Waals surface area contributed by atoms with Gasteiger partial charge in [0, 0.05) is 0 Å². The smallest absolute Gasteiger partial charge is 0.424 e. The molecule has 12 heteroatoms. The van der Waals surface area contributed by atoms with Gasteiger partial charge in [-0.1, -0.05) is 0 Å². The van der Waals surface area contributed by atoms with Crippen LogP contribution < -0.4 is 0 Å². The normalized spacial score (nSPS) is 22.9. The van der Waals surface area contributed by atoms with E-state index in [-0.39, 0.29) is 0 Å². The molecule has 0 radical (unpaired) electrons. The molecule has 0 bridgehead atoms. The third-order valence-electron chi connectivity index (χ3n) is 1.93. The average molecular weight is 320 g/mol. The van der Waals surface area contributed by atoms with Crippen molar-refractivity contribution in [2.24, 2.45) is 0 Å². The van der Waals surface area contributed by atoms with E-state index < -0.39 is 48.2 Å². The molecule has 0 aromatic rings. The molecule has 0 amide bonds. The van der Waals surface area contributed by atoms with E-state index in [9.17, 15) is 43.9 Å². The zero-order chi connectivity index (χ0) is 15.9. The van der Waals surface area contributed by atoms with Crippen molar-refractivity contribution < 1.29 is 53.4 Å². The zero-order valence-electron chi connectivity index (χ0n) is 8.75. The Morgan fingerprint density at radius 2 is 1.55 bits per heavy atom. The summed E-state index contributed by atoms with van der Waals surface area (Å²) in [4.78, 5) is 0. The first-order valence-corrected chi connectivity index (χ1v) is 4.38. The Bertz CT molecular complexity index is 439. The average Bonchev–Trinajstić information content (AvgIpc) is 2.09. The molecule has 1 aliphatic heterocycles. The van der Waals surface area contributed by atoms with Gasteiger partial charge in [-0.3, -0.25) is 4.74 Å². The van der Waals surface area contributed by atoms with Crippen LogP contribution in [0.4, 0.5) is 43.9 Å². The van der Waals surface area contributed by atoms with E-state index in [1.165, 1.54) is 0 Å². The second-order valence-electron chi connectivity index (χ2n) is 3.30. The monoisotopic (exact) mass is 320 g/mol. The van der Waals surface area contributed by atoms with E-state index in [4.69, 9.17) is 0 Å². The SMILES string of the molecule is FC(F)=C(C1OC=C(C(F)(F)F)C(F)(F)O1)C(F)(F)F. The van der Waals surface area contributed by atoms with Crippen LogP contribution in [0.1, 0.15) is 0 Å². The molecule has 20 heavy (non-hydrogen) atoms. The quantitative estimate of drug-likeness (QED) is 0.677. The van der Waals surface area contributed by atoms with Gasteiger partial charge in [-0.05, 0) is 0 Å². The summed E-state index contributed by atoms with van der Waals surface area (Å²) < 4.78 is 129. The van der Waals surface area contributed by atoms with Crippen LogP contribution >= 0.6 is 0 Å². The molecule has 1 heterocycles. The highest BCUT2D eigenvalue weighted by Gasteiger charge is 2.58. The van der Waals surface area contributed by atoms with Crippen molar-refractivity contribution >= 4 is 0 Å². The highest BCUT2D eigenvalue weighted by Crippen LogP contribution is 2.45. The van der Waals surface area contributed by atoms with Gasteiger partial charge in [0.2, 0.25) is 6.29 Å². The van der Waals surface area contributed by atoms with Crippen LogP contribution in [0.2, 0.25) is 0 Å². The van der Waals surface area contributed by atoms with Crippen molar-refractivity contribution in [3.05, 3.63) is 23.5 Å². The number of alkyl halides is 8. The lowest BCUT2D eigenvalue weighted by Gasteiger charge is -2.31. The fourth-order valence-corrected chi connectivity index (χ4v) is 1.11. The Morgan fingerprint density at radius 3 is 1.85 bits per heavy atom. The fraction of sp³-hybridized carbons (Fsp3) is 0.500. The number of hydrogen-bond acceptors (Lipinski definition) is 2. The maximum Gasteiger partial charge on any atom is 0.424 e. The first kappa shape index (κ1) is 16.6. The zero-order valence-corrected chi connectivity index (χ0v) is 8.75. The van der Waals surface area contributed by atoms with Crippen LogP contribution in [-0.4, -0.2) is 24.8 Å². The second kappa shape index (κ2) is 4.82. The minimum Gasteiger partial charge on any atom is -0.467 e. The van der Waals surface area contributed by atoms with Gasteiger partial charge in [0.05, 0.1) is 0 Å². The van der Waals surface area contributed by atoms with E-state index >= 15 is 0 Å². The Balaban J connectivity index is 3.19. The van der Waals surface area contributed by atoms with Crippen molar-refractivity contribution in [2.75, 3.05) is 0 Å². The number of hydrogen-bond donors (Lipinski definition) is 0. The van der Waals surface area contributed by atoms with E-state index in [2.05, 4.69) is 9.47 Å². The maximum atomic E-state index is 12.9. The molecule has 1 rings (SSSR count). The lowest BCUT2D eigenvalue weighted by Crippen LogP contribution is -2.43. The molecule has 0 saturated carbocycles. The van der Waals surface area contributed by atoms with Crippen LogP contribution in [0.25, 0.3) is 0 Å². The van der Waals surface area contributed by atoms with E-state index in [1.807, 2.05) is 0 Å². The molecule has 116 valence electrons. The standard InChI is InChI=1S/C8H2F10O2/c9-4(10)3(7(14,15)16)5-19-1-2(6(11,12)13)8(17,18)20-5/h1,5H. The van der Waals surface area contributed by atoms with Gasteiger partial charge < -0.3 is 4.74 Å². The van der Waals surface area contributed by atoms with Crippen LogP contribution in [0, 0.1) is 0 Å². The summed E-state index contributed by atoms with van der Waals surface area (Å²) in [6.45, 7) is 0. The van der Waals surface area contributed by atoms with E-state index in [0.717, 1.165) is 0 Å². The minimum absolute atomic E-state index is 0.789. The largest absolute Gasteiger partial charge is 0.467 e. The molecule has 0 fully saturated rings. The highest BCUT2D eigenvalue weighted by atomic mass is 19.4. The molecule has 2 nitrogen and oxygen atoms in total. The highest BCUT2D eigenvalue weighted by molar-refractivity contribution is 5.20. The summed E-state index contributed by atoms with van der Waals surface area (Å²) >= 11 is 0. The fourth-order valence-electron chi connectivity index (χ4n) is 1.11. The Kier molecular flexibility index (Phi) is 4.00. The summed E-state index contributed by atoms with van der Waals surface area (Å²) in [6.07, 6.45) is -24.5. The van der Waals surface area contributed by atoms with Gasteiger partial charge in [-0.15, -0.1) is 0 Å². The summed E-state index contributed by atoms with van der Waals surface area (Å²) in [7, 11) is 0. The summed E-state index contributed by atoms with van der Waals surface area (Å²) in [5.41, 5.74) is -5.70. The van der Waals surface area contributed by atoms with Gasteiger partial charge >= 0.3 is 18.5 Å². The maximum absolute atomic E-state index is 12.9. The van der Waals surface area contributed by atoms with Crippen LogP contribution in [0.5, 0.6) is 0 Å². The Morgan fingerprint density at radius 1 is 1.05 bits per heavy atom. The van der Waals surface area contributed by atoms with Gasteiger partial charge in [-0.25, -0.2) is 0 Å². The predicted octanol–water partition coefficient (Wildman–Crippen LogP) is 4.11.